The fourth-order valence-corrected chi connectivity index (χ4v) is 2.98. The van der Waals surface area contributed by atoms with Crippen molar-refractivity contribution >= 4 is 11.9 Å². The Hall–Kier alpha value is -2.21. The second-order valence-electron chi connectivity index (χ2n) is 5.16. The minimum atomic E-state index is -1.88. The van der Waals surface area contributed by atoms with Gasteiger partial charge >= 0.3 is 0 Å². The Balaban J connectivity index is 0.000000186. The number of methoxy groups -OCH3 is 1. The summed E-state index contributed by atoms with van der Waals surface area (Å²) in [6.45, 7) is 0. The number of hydrogen-bond acceptors (Lipinski definition) is 5. The number of aliphatic hydroxyl groups is 1. The van der Waals surface area contributed by atoms with E-state index in [2.05, 4.69) is 0 Å². The number of fused-ring (bicyclic) bond motifs is 1. The fourth-order valence-electron chi connectivity index (χ4n) is 2.46. The van der Waals surface area contributed by atoms with Gasteiger partial charge in [-0.1, -0.05) is 12.1 Å². The van der Waals surface area contributed by atoms with Crippen LogP contribution in [0, 0.1) is 17.1 Å². The molecule has 8 heteroatoms. The van der Waals surface area contributed by atoms with E-state index in [9.17, 15) is 18.3 Å². The average molecular weight is 368 g/mol. The van der Waals surface area contributed by atoms with E-state index in [1.807, 2.05) is 6.07 Å². The van der Waals surface area contributed by atoms with Crippen molar-refractivity contribution < 1.29 is 23.0 Å². The topological polar surface area (TPSA) is 79.3 Å². The van der Waals surface area contributed by atoms with Crippen LogP contribution < -0.4 is 9.88 Å². The SMILES string of the molecule is COc1cc(F)cc(C#N)c1.NSc1cccc2c1C(O)C(F)C2F. The third kappa shape index (κ3) is 4.07. The van der Waals surface area contributed by atoms with Crippen molar-refractivity contribution in [3.8, 4) is 11.8 Å². The Labute approximate surface area is 147 Å². The molecule has 1 aliphatic carbocycles. The highest BCUT2D eigenvalue weighted by Gasteiger charge is 2.41. The normalized spacial score (nSPS) is 20.9. The molecule has 3 rings (SSSR count). The first kappa shape index (κ1) is 19.1. The lowest BCUT2D eigenvalue weighted by Crippen LogP contribution is -2.09. The van der Waals surface area contributed by atoms with E-state index in [0.29, 0.717) is 16.2 Å². The van der Waals surface area contributed by atoms with Crippen molar-refractivity contribution in [3.05, 3.63) is 58.9 Å². The van der Waals surface area contributed by atoms with Crippen molar-refractivity contribution in [2.75, 3.05) is 7.11 Å². The first-order valence-electron chi connectivity index (χ1n) is 7.13. The lowest BCUT2D eigenvalue weighted by Gasteiger charge is -2.08. The van der Waals surface area contributed by atoms with Crippen molar-refractivity contribution in [2.24, 2.45) is 5.14 Å². The maximum absolute atomic E-state index is 13.3. The summed E-state index contributed by atoms with van der Waals surface area (Å²) in [7, 11) is 1.43. The maximum atomic E-state index is 13.3. The molecule has 0 spiro atoms. The number of nitriles is 1. The van der Waals surface area contributed by atoms with Gasteiger partial charge in [0.15, 0.2) is 12.3 Å². The van der Waals surface area contributed by atoms with Crippen LogP contribution in [0.2, 0.25) is 0 Å². The summed E-state index contributed by atoms with van der Waals surface area (Å²) >= 11 is 0.889. The number of rotatable bonds is 2. The highest BCUT2D eigenvalue weighted by molar-refractivity contribution is 7.97. The fraction of sp³-hybridized carbons (Fsp3) is 0.235. The van der Waals surface area contributed by atoms with Gasteiger partial charge in [-0.25, -0.2) is 13.2 Å². The number of aliphatic hydroxyl groups excluding tert-OH is 1. The van der Waals surface area contributed by atoms with Crippen LogP contribution in [0.4, 0.5) is 13.2 Å². The molecule has 1 aliphatic rings. The third-order valence-corrected chi connectivity index (χ3v) is 4.25. The number of benzene rings is 2. The van der Waals surface area contributed by atoms with Gasteiger partial charge < -0.3 is 9.84 Å². The summed E-state index contributed by atoms with van der Waals surface area (Å²) in [6, 6.07) is 10.4. The highest BCUT2D eigenvalue weighted by Crippen LogP contribution is 2.46. The number of nitrogens with zero attached hydrogens (tertiary/aromatic N) is 1. The summed E-state index contributed by atoms with van der Waals surface area (Å²) in [5.41, 5.74) is 0.766. The van der Waals surface area contributed by atoms with Gasteiger partial charge in [0.25, 0.3) is 0 Å². The average Bonchev–Trinajstić information content (AvgIpc) is 2.86. The number of alkyl halides is 2. The molecule has 4 nitrogen and oxygen atoms in total. The van der Waals surface area contributed by atoms with Crippen molar-refractivity contribution in [1.82, 2.24) is 0 Å². The van der Waals surface area contributed by atoms with Gasteiger partial charge in [0.2, 0.25) is 0 Å². The summed E-state index contributed by atoms with van der Waals surface area (Å²) in [5, 5.41) is 23.2. The van der Waals surface area contributed by atoms with E-state index >= 15 is 0 Å². The lowest BCUT2D eigenvalue weighted by atomic mass is 10.1. The Kier molecular flexibility index (Phi) is 6.31. The predicted octanol–water partition coefficient (Wildman–Crippen LogP) is 3.75. The molecule has 0 bridgehead atoms. The molecule has 0 fully saturated rings. The van der Waals surface area contributed by atoms with E-state index in [4.69, 9.17) is 15.1 Å². The Bertz CT molecular complexity index is 798. The van der Waals surface area contributed by atoms with Crippen molar-refractivity contribution in [1.29, 1.82) is 5.26 Å². The zero-order valence-electron chi connectivity index (χ0n) is 13.1. The third-order valence-electron chi connectivity index (χ3n) is 3.64. The van der Waals surface area contributed by atoms with Gasteiger partial charge in [0.1, 0.15) is 17.7 Å². The monoisotopic (exact) mass is 368 g/mol. The highest BCUT2D eigenvalue weighted by atomic mass is 32.2. The molecule has 0 saturated carbocycles. The number of halogens is 3. The van der Waals surface area contributed by atoms with Gasteiger partial charge in [-0.05, 0) is 35.7 Å². The quantitative estimate of drug-likeness (QED) is 0.789. The van der Waals surface area contributed by atoms with E-state index in [1.54, 1.807) is 12.1 Å². The van der Waals surface area contributed by atoms with Gasteiger partial charge in [-0.15, -0.1) is 0 Å². The van der Waals surface area contributed by atoms with Crippen LogP contribution in [0.1, 0.15) is 29.0 Å². The number of hydrogen-bond donors (Lipinski definition) is 2. The maximum Gasteiger partial charge on any atom is 0.165 e. The van der Waals surface area contributed by atoms with Crippen LogP contribution in [-0.2, 0) is 0 Å². The molecule has 3 N–H and O–H groups in total. The molecular weight excluding hydrogens is 353 g/mol. The lowest BCUT2D eigenvalue weighted by molar-refractivity contribution is 0.0457. The smallest absolute Gasteiger partial charge is 0.165 e. The molecule has 0 radical (unpaired) electrons. The second-order valence-corrected chi connectivity index (χ2v) is 5.83. The predicted molar refractivity (Wildman–Crippen MR) is 87.9 cm³/mol. The molecule has 132 valence electrons. The van der Waals surface area contributed by atoms with Crippen LogP contribution in [0.25, 0.3) is 0 Å². The Morgan fingerprint density at radius 1 is 1.28 bits per heavy atom. The van der Waals surface area contributed by atoms with Crippen LogP contribution in [0.15, 0.2) is 41.3 Å². The molecule has 2 aromatic carbocycles. The molecule has 3 atom stereocenters. The standard InChI is InChI=1S/C9H9F2NOS.C8H6FNO/c10-7-4-2-1-3-5(14-12)6(4)9(13)8(7)11;1-11-8-3-6(5-10)2-7(9)4-8/h1-3,7-9,13H,12H2;2-4H,1H3. The van der Waals surface area contributed by atoms with E-state index in [0.717, 1.165) is 18.0 Å². The molecule has 3 unspecified atom stereocenters. The zero-order chi connectivity index (χ0) is 18.6. The Morgan fingerprint density at radius 2 is 2.00 bits per heavy atom. The molecule has 0 heterocycles. The van der Waals surface area contributed by atoms with Gasteiger partial charge in [-0.3, -0.25) is 5.14 Å². The molecule has 0 amide bonds. The van der Waals surface area contributed by atoms with Gasteiger partial charge in [-0.2, -0.15) is 5.26 Å². The molecular formula is C17H15F3N2O2S. The second kappa shape index (κ2) is 8.25. The van der Waals surface area contributed by atoms with Crippen LogP contribution in [0.3, 0.4) is 0 Å². The van der Waals surface area contributed by atoms with Crippen molar-refractivity contribution in [3.63, 3.8) is 0 Å². The minimum absolute atomic E-state index is 0.209. The first-order valence-corrected chi connectivity index (χ1v) is 8.01. The summed E-state index contributed by atoms with van der Waals surface area (Å²) < 4.78 is 43.8. The number of ether oxygens (including phenoxy) is 1. The molecule has 0 aliphatic heterocycles. The van der Waals surface area contributed by atoms with E-state index in [-0.39, 0.29) is 11.1 Å². The van der Waals surface area contributed by atoms with E-state index in [1.165, 1.54) is 25.3 Å². The van der Waals surface area contributed by atoms with Crippen LogP contribution >= 0.6 is 11.9 Å². The summed E-state index contributed by atoms with van der Waals surface area (Å²) in [5.74, 6) is -0.0950. The molecule has 25 heavy (non-hydrogen) atoms. The van der Waals surface area contributed by atoms with Crippen LogP contribution in [0.5, 0.6) is 5.75 Å². The molecule has 2 aromatic rings. The zero-order valence-corrected chi connectivity index (χ0v) is 13.9. The van der Waals surface area contributed by atoms with Gasteiger partial charge in [0.05, 0.1) is 18.7 Å². The summed E-state index contributed by atoms with van der Waals surface area (Å²) in [4.78, 5) is 0.526. The van der Waals surface area contributed by atoms with E-state index < -0.39 is 24.3 Å². The largest absolute Gasteiger partial charge is 0.497 e. The first-order chi connectivity index (χ1) is 11.9. The number of nitrogens with two attached hydrogens (primary N) is 1. The Morgan fingerprint density at radius 3 is 2.60 bits per heavy atom. The van der Waals surface area contributed by atoms with Gasteiger partial charge in [0, 0.05) is 16.5 Å². The van der Waals surface area contributed by atoms with Crippen molar-refractivity contribution in [2.45, 2.75) is 23.3 Å². The molecule has 0 aromatic heterocycles. The van der Waals surface area contributed by atoms with Crippen LogP contribution in [-0.4, -0.2) is 18.4 Å². The minimum Gasteiger partial charge on any atom is -0.497 e. The molecule has 0 saturated heterocycles. The summed E-state index contributed by atoms with van der Waals surface area (Å²) in [6.07, 6.45) is -5.02.